The van der Waals surface area contributed by atoms with Gasteiger partial charge in [-0.1, -0.05) is 13.8 Å². The molecule has 1 fully saturated rings. The minimum absolute atomic E-state index is 0.195. The Hall–Kier alpha value is -2.70. The third kappa shape index (κ3) is 4.35. The maximum Gasteiger partial charge on any atom is 0.263 e. The summed E-state index contributed by atoms with van der Waals surface area (Å²) in [5.41, 5.74) is 0.866. The molecule has 0 saturated carbocycles. The highest BCUT2D eigenvalue weighted by molar-refractivity contribution is 5.93. The van der Waals surface area contributed by atoms with Crippen LogP contribution >= 0.6 is 0 Å². The summed E-state index contributed by atoms with van der Waals surface area (Å²) in [6.45, 7) is 6.32. The molecule has 27 heavy (non-hydrogen) atoms. The third-order valence-corrected chi connectivity index (χ3v) is 5.08. The fourth-order valence-electron chi connectivity index (χ4n) is 3.60. The number of carbonyl (C=O) groups excluding carboxylic acids is 1. The van der Waals surface area contributed by atoms with Crippen LogP contribution in [-0.2, 0) is 7.05 Å². The molecular formula is C20H27N5O2. The summed E-state index contributed by atoms with van der Waals surface area (Å²) in [7, 11) is 1.72. The van der Waals surface area contributed by atoms with Crippen molar-refractivity contribution < 1.29 is 4.79 Å². The number of carbonyl (C=O) groups is 1. The first-order valence-corrected chi connectivity index (χ1v) is 9.47. The Kier molecular flexibility index (Phi) is 5.88. The van der Waals surface area contributed by atoms with Gasteiger partial charge < -0.3 is 14.8 Å². The van der Waals surface area contributed by atoms with E-state index in [-0.39, 0.29) is 22.9 Å². The molecule has 1 amide bonds. The lowest BCUT2D eigenvalue weighted by molar-refractivity contribution is 0.0943. The number of pyridine rings is 1. The van der Waals surface area contributed by atoms with E-state index in [9.17, 15) is 9.59 Å². The Morgan fingerprint density at radius 1 is 1.30 bits per heavy atom. The van der Waals surface area contributed by atoms with Crippen molar-refractivity contribution in [1.29, 1.82) is 0 Å². The molecule has 1 aliphatic heterocycles. The predicted octanol–water partition coefficient (Wildman–Crippen LogP) is 1.95. The first-order valence-electron chi connectivity index (χ1n) is 9.47. The first-order chi connectivity index (χ1) is 13.0. The fourth-order valence-corrected chi connectivity index (χ4v) is 3.60. The standard InChI is InChI=1S/C20H27N5O2/c1-14(2)17-8-7-16(19(27)24(17)3)18(26)23-12-15-6-4-11-25(13-15)20-21-9-5-10-22-20/h5,7-10,14-15H,4,6,11-13H2,1-3H3,(H,23,26)/t15-/m1/s1. The number of piperidine rings is 1. The zero-order valence-electron chi connectivity index (χ0n) is 16.2. The van der Waals surface area contributed by atoms with Crippen molar-refractivity contribution in [3.63, 3.8) is 0 Å². The molecule has 7 heteroatoms. The Bertz CT molecular complexity index is 847. The summed E-state index contributed by atoms with van der Waals surface area (Å²) < 4.78 is 1.56. The van der Waals surface area contributed by atoms with E-state index in [1.807, 2.05) is 19.9 Å². The van der Waals surface area contributed by atoms with E-state index in [1.165, 1.54) is 0 Å². The Balaban J connectivity index is 1.62. The Morgan fingerprint density at radius 3 is 2.74 bits per heavy atom. The van der Waals surface area contributed by atoms with Crippen LogP contribution in [0.2, 0.25) is 0 Å². The molecule has 2 aromatic rings. The second-order valence-corrected chi connectivity index (χ2v) is 7.40. The SMILES string of the molecule is CC(C)c1ccc(C(=O)NC[C@H]2CCCN(c3ncccn3)C2)c(=O)n1C. The molecule has 0 spiro atoms. The highest BCUT2D eigenvalue weighted by Crippen LogP contribution is 2.19. The molecule has 0 aromatic carbocycles. The van der Waals surface area contributed by atoms with E-state index in [0.717, 1.165) is 37.6 Å². The zero-order chi connectivity index (χ0) is 19.4. The van der Waals surface area contributed by atoms with Gasteiger partial charge in [0.25, 0.3) is 11.5 Å². The lowest BCUT2D eigenvalue weighted by Gasteiger charge is -2.32. The maximum absolute atomic E-state index is 12.5. The average Bonchev–Trinajstić information content (AvgIpc) is 2.69. The predicted molar refractivity (Wildman–Crippen MR) is 105 cm³/mol. The van der Waals surface area contributed by atoms with E-state index in [0.29, 0.717) is 12.5 Å². The van der Waals surface area contributed by atoms with Crippen LogP contribution in [0.15, 0.2) is 35.4 Å². The third-order valence-electron chi connectivity index (χ3n) is 5.08. The van der Waals surface area contributed by atoms with Crippen LogP contribution in [0.4, 0.5) is 5.95 Å². The molecule has 1 saturated heterocycles. The topological polar surface area (TPSA) is 80.1 Å². The van der Waals surface area contributed by atoms with Gasteiger partial charge in [-0.15, -0.1) is 0 Å². The average molecular weight is 369 g/mol. The number of hydrogen-bond acceptors (Lipinski definition) is 5. The number of nitrogens with one attached hydrogen (secondary N) is 1. The highest BCUT2D eigenvalue weighted by atomic mass is 16.2. The second kappa shape index (κ2) is 8.33. The molecule has 0 unspecified atom stereocenters. The van der Waals surface area contributed by atoms with Gasteiger partial charge in [0.05, 0.1) is 0 Å². The summed E-state index contributed by atoms with van der Waals surface area (Å²) in [5, 5.41) is 2.94. The molecule has 3 rings (SSSR count). The van der Waals surface area contributed by atoms with Gasteiger partial charge in [-0.05, 0) is 42.9 Å². The summed E-state index contributed by atoms with van der Waals surface area (Å²) in [4.78, 5) is 35.8. The monoisotopic (exact) mass is 369 g/mol. The number of rotatable bonds is 5. The molecular weight excluding hydrogens is 342 g/mol. The lowest BCUT2D eigenvalue weighted by atomic mass is 9.98. The molecule has 144 valence electrons. The van der Waals surface area contributed by atoms with Gasteiger partial charge in [0, 0.05) is 44.8 Å². The van der Waals surface area contributed by atoms with Gasteiger partial charge >= 0.3 is 0 Å². The molecule has 1 N–H and O–H groups in total. The fraction of sp³-hybridized carbons (Fsp3) is 0.500. The minimum Gasteiger partial charge on any atom is -0.352 e. The molecule has 0 bridgehead atoms. The summed E-state index contributed by atoms with van der Waals surface area (Å²) in [6.07, 6.45) is 5.55. The number of amides is 1. The van der Waals surface area contributed by atoms with Crippen molar-refractivity contribution in [3.05, 3.63) is 52.2 Å². The van der Waals surface area contributed by atoms with Gasteiger partial charge in [0.2, 0.25) is 5.95 Å². The van der Waals surface area contributed by atoms with Crippen LogP contribution in [-0.4, -0.2) is 40.1 Å². The molecule has 1 aliphatic rings. The minimum atomic E-state index is -0.306. The number of nitrogens with zero attached hydrogens (tertiary/aromatic N) is 4. The van der Waals surface area contributed by atoms with Crippen LogP contribution in [0.1, 0.15) is 48.7 Å². The normalized spacial score (nSPS) is 17.2. The highest BCUT2D eigenvalue weighted by Gasteiger charge is 2.23. The molecule has 3 heterocycles. The summed E-state index contributed by atoms with van der Waals surface area (Å²) in [6, 6.07) is 5.30. The quantitative estimate of drug-likeness (QED) is 0.871. The molecule has 7 nitrogen and oxygen atoms in total. The first kappa shape index (κ1) is 19.1. The number of hydrogen-bond donors (Lipinski definition) is 1. The van der Waals surface area contributed by atoms with Gasteiger partial charge in [0.15, 0.2) is 0 Å². The van der Waals surface area contributed by atoms with E-state index < -0.39 is 0 Å². The smallest absolute Gasteiger partial charge is 0.263 e. The summed E-state index contributed by atoms with van der Waals surface area (Å²) in [5.74, 6) is 0.962. The Morgan fingerprint density at radius 2 is 2.04 bits per heavy atom. The van der Waals surface area contributed by atoms with Crippen LogP contribution in [0, 0.1) is 5.92 Å². The maximum atomic E-state index is 12.5. The van der Waals surface area contributed by atoms with Crippen molar-refractivity contribution in [3.8, 4) is 0 Å². The van der Waals surface area contributed by atoms with Crippen molar-refractivity contribution in [2.24, 2.45) is 13.0 Å². The van der Waals surface area contributed by atoms with E-state index in [4.69, 9.17) is 0 Å². The van der Waals surface area contributed by atoms with Crippen molar-refractivity contribution >= 4 is 11.9 Å². The van der Waals surface area contributed by atoms with Crippen molar-refractivity contribution in [2.45, 2.75) is 32.6 Å². The van der Waals surface area contributed by atoms with Crippen LogP contribution < -0.4 is 15.8 Å². The zero-order valence-corrected chi connectivity index (χ0v) is 16.2. The van der Waals surface area contributed by atoms with Crippen LogP contribution in [0.25, 0.3) is 0 Å². The van der Waals surface area contributed by atoms with Crippen molar-refractivity contribution in [2.75, 3.05) is 24.5 Å². The van der Waals surface area contributed by atoms with E-state index in [2.05, 4.69) is 20.2 Å². The van der Waals surface area contributed by atoms with Gasteiger partial charge in [-0.2, -0.15) is 0 Å². The lowest BCUT2D eigenvalue weighted by Crippen LogP contribution is -2.42. The number of aromatic nitrogens is 3. The molecule has 0 aliphatic carbocycles. The van der Waals surface area contributed by atoms with Gasteiger partial charge in [-0.3, -0.25) is 9.59 Å². The van der Waals surface area contributed by atoms with Crippen molar-refractivity contribution in [1.82, 2.24) is 19.9 Å². The van der Waals surface area contributed by atoms with Gasteiger partial charge in [-0.25, -0.2) is 9.97 Å². The summed E-state index contributed by atoms with van der Waals surface area (Å²) >= 11 is 0. The van der Waals surface area contributed by atoms with Gasteiger partial charge in [0.1, 0.15) is 5.56 Å². The van der Waals surface area contributed by atoms with Crippen LogP contribution in [0.3, 0.4) is 0 Å². The second-order valence-electron chi connectivity index (χ2n) is 7.40. The molecule has 0 radical (unpaired) electrons. The largest absolute Gasteiger partial charge is 0.352 e. The van der Waals surface area contributed by atoms with E-state index in [1.54, 1.807) is 36.1 Å². The van der Waals surface area contributed by atoms with E-state index >= 15 is 0 Å². The number of anilines is 1. The molecule has 2 aromatic heterocycles. The molecule has 1 atom stereocenters. The Labute approximate surface area is 159 Å². The van der Waals surface area contributed by atoms with Crippen LogP contribution in [0.5, 0.6) is 0 Å².